The van der Waals surface area contributed by atoms with Gasteiger partial charge in [0.25, 0.3) is 0 Å². The summed E-state index contributed by atoms with van der Waals surface area (Å²) >= 11 is 8.49. The molecule has 0 aliphatic carbocycles. The number of thiazole rings is 2. The van der Waals surface area contributed by atoms with Crippen LogP contribution in [0, 0.1) is 45.9 Å². The van der Waals surface area contributed by atoms with Crippen molar-refractivity contribution in [1.29, 1.82) is 10.5 Å². The summed E-state index contributed by atoms with van der Waals surface area (Å²) in [6.45, 7) is 5.44. The van der Waals surface area contributed by atoms with Crippen LogP contribution in [0.15, 0.2) is 170 Å². The minimum atomic E-state index is -2.67. The molecule has 0 saturated carbocycles. The third-order valence-electron chi connectivity index (χ3n) is 14.4. The van der Waals surface area contributed by atoms with Gasteiger partial charge in [-0.2, -0.15) is 20.7 Å². The van der Waals surface area contributed by atoms with Crippen LogP contribution in [0.3, 0.4) is 0 Å². The molecule has 4 heterocycles. The van der Waals surface area contributed by atoms with Gasteiger partial charge in [-0.25, -0.2) is 56.5 Å². The number of nitriles is 2. The van der Waals surface area contributed by atoms with Crippen molar-refractivity contribution in [3.8, 4) is 34.7 Å². The molecule has 4 aromatic heterocycles. The van der Waals surface area contributed by atoms with Gasteiger partial charge in [0, 0.05) is 76.2 Å². The van der Waals surface area contributed by atoms with E-state index in [0.29, 0.717) is 38.4 Å². The summed E-state index contributed by atoms with van der Waals surface area (Å²) in [5.41, 5.74) is 2.79. The molecule has 6 aromatic carbocycles. The summed E-state index contributed by atoms with van der Waals surface area (Å²) in [6, 6.07) is 37.5. The van der Waals surface area contributed by atoms with E-state index in [1.54, 1.807) is 111 Å². The monoisotopic (exact) mass is 1300 g/mol. The Morgan fingerprint density at radius 2 is 1.02 bits per heavy atom. The van der Waals surface area contributed by atoms with Crippen LogP contribution in [0.1, 0.15) is 89.8 Å². The zero-order valence-corrected chi connectivity index (χ0v) is 51.7. The van der Waals surface area contributed by atoms with Crippen LogP contribution < -0.4 is 0 Å². The first-order valence-electron chi connectivity index (χ1n) is 27.3. The van der Waals surface area contributed by atoms with Crippen LogP contribution in [-0.2, 0) is 64.8 Å². The molecule has 10 aromatic rings. The summed E-state index contributed by atoms with van der Waals surface area (Å²) in [5, 5.41) is 31.5. The molecule has 26 heteroatoms. The van der Waals surface area contributed by atoms with Crippen molar-refractivity contribution in [3.63, 3.8) is 0 Å². The van der Waals surface area contributed by atoms with E-state index in [0.717, 1.165) is 46.5 Å². The van der Waals surface area contributed by atoms with Crippen molar-refractivity contribution in [2.24, 2.45) is 0 Å². The van der Waals surface area contributed by atoms with Crippen molar-refractivity contribution < 1.29 is 55.2 Å². The minimum absolute atomic E-state index is 0.00145. The SMILES string of the molecule is C[C@@H](c1nc(-c2ccc(C#N)cc2)cs1)C(Cn1cncn1)(OCOC(=O)c1ccc(CCl)cc1)c1ccc(F)cc1F.C[C@@H](c1nc(-c2ccc(C#N)cc2)cs1)C(Cn1cncn1)(OCOC(=O)c1ccc(COP(C)(C)=O)cc1)c1ccc(F)cc1F. The molecule has 0 spiro atoms. The molecule has 0 N–H and O–H groups in total. The van der Waals surface area contributed by atoms with Gasteiger partial charge in [-0.1, -0.05) is 74.5 Å². The van der Waals surface area contributed by atoms with E-state index in [-0.39, 0.29) is 42.0 Å². The zero-order valence-electron chi connectivity index (χ0n) is 48.5. The molecule has 0 radical (unpaired) electrons. The highest BCUT2D eigenvalue weighted by atomic mass is 35.5. The fourth-order valence-electron chi connectivity index (χ4n) is 9.49. The first kappa shape index (κ1) is 65.3. The highest BCUT2D eigenvalue weighted by molar-refractivity contribution is 7.57. The molecule has 2 unspecified atom stereocenters. The largest absolute Gasteiger partial charge is 0.435 e. The fraction of sp³-hybridized carbons (Fsp3) is 0.219. The van der Waals surface area contributed by atoms with E-state index < -0.39 is 79.2 Å². The lowest BCUT2D eigenvalue weighted by molar-refractivity contribution is -0.148. The second kappa shape index (κ2) is 29.5. The maximum Gasteiger partial charge on any atom is 0.340 e. The maximum absolute atomic E-state index is 15.7. The first-order chi connectivity index (χ1) is 43.3. The number of esters is 2. The molecule has 4 atom stereocenters. The van der Waals surface area contributed by atoms with Gasteiger partial charge in [0.1, 0.15) is 59.8 Å². The number of nitrogens with zero attached hydrogens (tertiary/aromatic N) is 10. The maximum atomic E-state index is 15.7. The molecule has 0 aliphatic heterocycles. The molecule has 18 nitrogen and oxygen atoms in total. The lowest BCUT2D eigenvalue weighted by atomic mass is 9.81. The standard InChI is InChI=1S/C33H30F2N5O5PS.C31H24ClF2N5O3S/c1-22(31-39-30(17-47-31)25-8-4-23(15-36)5-9-25)33(18-40-20-37-19-38-40,28-13-12-27(34)14-29(28)35)44-21-43-32(41)26-10-6-24(7-11-26)16-45-46(2,3)42;1-20(29-38-28(15-43-29)23-6-4-22(14-35)5-7-23)31(16-39-18-36-17-37-39,26-11-10-25(33)12-27(26)34)42-19-41-30(40)24-8-2-21(13-32)3-9-24/h4-14,17,19-20,22H,16,18,21H2,1-3H3;2-12,15,17-18,20H,13,16,19H2,1H3/t22-,33?;20-,31?/m00/s1. The van der Waals surface area contributed by atoms with E-state index in [1.165, 1.54) is 82.8 Å². The van der Waals surface area contributed by atoms with E-state index in [4.69, 9.17) is 55.6 Å². The smallest absolute Gasteiger partial charge is 0.340 e. The summed E-state index contributed by atoms with van der Waals surface area (Å²) in [7, 11) is -2.67. The lowest BCUT2D eigenvalue weighted by Crippen LogP contribution is -2.42. The lowest BCUT2D eigenvalue weighted by Gasteiger charge is -2.38. The van der Waals surface area contributed by atoms with Crippen molar-refractivity contribution >= 4 is 53.6 Å². The number of hydrogen-bond donors (Lipinski definition) is 0. The average molecular weight is 1300 g/mol. The van der Waals surface area contributed by atoms with Gasteiger partial charge >= 0.3 is 11.9 Å². The molecule has 0 saturated heterocycles. The van der Waals surface area contributed by atoms with Crippen LogP contribution in [0.4, 0.5) is 17.6 Å². The van der Waals surface area contributed by atoms with Crippen molar-refractivity contribution in [2.75, 3.05) is 26.9 Å². The zero-order chi connectivity index (χ0) is 64.0. The second-order valence-corrected chi connectivity index (χ2v) is 25.4. The normalized spacial score (nSPS) is 13.3. The second-order valence-electron chi connectivity index (χ2n) is 20.6. The van der Waals surface area contributed by atoms with Gasteiger partial charge in [-0.3, -0.25) is 4.57 Å². The molecule has 10 rings (SSSR count). The average Bonchev–Trinajstić information content (AvgIpc) is 1.32. The number of carbonyl (C=O) groups is 2. The summed E-state index contributed by atoms with van der Waals surface area (Å²) < 4.78 is 103. The Hall–Kier alpha value is -9.10. The van der Waals surface area contributed by atoms with Crippen LogP contribution in [0.5, 0.6) is 0 Å². The predicted octanol–water partition coefficient (Wildman–Crippen LogP) is 14.0. The number of benzene rings is 6. The molecule has 460 valence electrons. The third-order valence-corrected chi connectivity index (χ3v) is 17.5. The van der Waals surface area contributed by atoms with Crippen LogP contribution >= 0.6 is 41.6 Å². The van der Waals surface area contributed by atoms with E-state index in [1.807, 2.05) is 10.8 Å². The molecule has 0 bridgehead atoms. The van der Waals surface area contributed by atoms with Crippen molar-refractivity contribution in [1.82, 2.24) is 39.5 Å². The van der Waals surface area contributed by atoms with E-state index in [2.05, 4.69) is 32.3 Å². The number of ether oxygens (including phenoxy) is 4. The van der Waals surface area contributed by atoms with Crippen molar-refractivity contribution in [3.05, 3.63) is 247 Å². The molecule has 90 heavy (non-hydrogen) atoms. The van der Waals surface area contributed by atoms with Gasteiger partial charge in [-0.05, 0) is 71.8 Å². The Morgan fingerprint density at radius 1 is 0.611 bits per heavy atom. The van der Waals surface area contributed by atoms with E-state index in [9.17, 15) is 22.9 Å². The number of alkyl halides is 1. The predicted molar refractivity (Wildman–Crippen MR) is 327 cm³/mol. The Bertz CT molecular complexity index is 4210. The van der Waals surface area contributed by atoms with Gasteiger partial charge < -0.3 is 23.5 Å². The number of carbonyl (C=O) groups excluding carboxylic acids is 2. The third kappa shape index (κ3) is 16.0. The van der Waals surface area contributed by atoms with Gasteiger partial charge in [0.2, 0.25) is 0 Å². The van der Waals surface area contributed by atoms with Gasteiger partial charge in [0.15, 0.2) is 21.0 Å². The van der Waals surface area contributed by atoms with Crippen LogP contribution in [0.2, 0.25) is 0 Å². The number of halogens is 5. The molecule has 0 aliphatic rings. The van der Waals surface area contributed by atoms with Gasteiger partial charge in [0.05, 0.1) is 75.5 Å². The van der Waals surface area contributed by atoms with Crippen LogP contribution in [-0.4, -0.2) is 78.4 Å². The number of aromatic nitrogens is 8. The fourth-order valence-corrected chi connectivity index (χ4v) is 12.1. The quantitative estimate of drug-likeness (QED) is 0.0180. The summed E-state index contributed by atoms with van der Waals surface area (Å²) in [5.74, 6) is -5.64. The Balaban J connectivity index is 0.000000214. The summed E-state index contributed by atoms with van der Waals surface area (Å²) in [4.78, 5) is 43.5. The first-order valence-corrected chi connectivity index (χ1v) is 32.1. The summed E-state index contributed by atoms with van der Waals surface area (Å²) in [6.07, 6.45) is 5.52. The molecular formula is C64H54ClF4N10O8PS2. The Kier molecular flexibility index (Phi) is 21.4. The number of hydrogen-bond acceptors (Lipinski definition) is 18. The van der Waals surface area contributed by atoms with E-state index >= 15 is 8.78 Å². The molecular weight excluding hydrogens is 1240 g/mol. The Morgan fingerprint density at radius 3 is 1.38 bits per heavy atom. The highest BCUT2D eigenvalue weighted by Gasteiger charge is 2.47. The molecule has 0 fully saturated rings. The molecule has 0 amide bonds. The number of rotatable bonds is 24. The highest BCUT2D eigenvalue weighted by Crippen LogP contribution is 2.47. The van der Waals surface area contributed by atoms with Crippen molar-refractivity contribution in [2.45, 2.75) is 62.5 Å². The topological polar surface area (TPSA) is 232 Å². The minimum Gasteiger partial charge on any atom is -0.435 e. The van der Waals surface area contributed by atoms with Crippen LogP contribution in [0.25, 0.3) is 22.5 Å². The Labute approximate surface area is 527 Å². The van der Waals surface area contributed by atoms with Gasteiger partial charge in [-0.15, -0.1) is 34.3 Å².